The molecule has 3 aromatic rings. The fourth-order valence-corrected chi connectivity index (χ4v) is 4.58. The first kappa shape index (κ1) is 23.9. The summed E-state index contributed by atoms with van der Waals surface area (Å²) in [7, 11) is -2.63. The van der Waals surface area contributed by atoms with E-state index >= 15 is 0 Å². The van der Waals surface area contributed by atoms with Crippen LogP contribution in [-0.4, -0.2) is 49.9 Å². The molecule has 0 aliphatic rings. The van der Waals surface area contributed by atoms with E-state index in [1.807, 2.05) is 18.2 Å². The number of hydrogen-bond donors (Lipinski definition) is 2. The van der Waals surface area contributed by atoms with Gasteiger partial charge in [0.1, 0.15) is 6.04 Å². The maximum Gasteiger partial charge on any atom is 0.305 e. The third-order valence-electron chi connectivity index (χ3n) is 5.19. The molecule has 1 amide bonds. The summed E-state index contributed by atoms with van der Waals surface area (Å²) in [5, 5.41) is 19.5. The minimum Gasteiger partial charge on any atom is -0.481 e. The zero-order valence-corrected chi connectivity index (χ0v) is 18.7. The Morgan fingerprint density at radius 1 is 1.06 bits per heavy atom. The van der Waals surface area contributed by atoms with Crippen LogP contribution < -0.4 is 4.72 Å². The van der Waals surface area contributed by atoms with Crippen LogP contribution in [0.1, 0.15) is 17.5 Å². The number of amides is 1. The molecule has 0 saturated carbocycles. The molecule has 3 rings (SSSR count). The number of fused-ring (bicyclic) bond motifs is 1. The van der Waals surface area contributed by atoms with Gasteiger partial charge in [0.25, 0.3) is 0 Å². The van der Waals surface area contributed by atoms with Crippen LogP contribution in [0.5, 0.6) is 0 Å². The van der Waals surface area contributed by atoms with E-state index in [-0.39, 0.29) is 24.3 Å². The van der Waals surface area contributed by atoms with Gasteiger partial charge in [-0.3, -0.25) is 9.59 Å². The molecule has 1 atom stereocenters. The van der Waals surface area contributed by atoms with Crippen molar-refractivity contribution in [2.75, 3.05) is 13.6 Å². The second-order valence-corrected chi connectivity index (χ2v) is 9.31. The number of rotatable bonds is 9. The monoisotopic (exact) mass is 465 g/mol. The molecule has 1 unspecified atom stereocenters. The van der Waals surface area contributed by atoms with Crippen molar-refractivity contribution in [3.8, 4) is 6.07 Å². The maximum atomic E-state index is 13.2. The van der Waals surface area contributed by atoms with Gasteiger partial charge < -0.3 is 10.0 Å². The van der Waals surface area contributed by atoms with E-state index in [2.05, 4.69) is 4.72 Å². The van der Waals surface area contributed by atoms with E-state index in [0.717, 1.165) is 10.8 Å². The predicted molar refractivity (Wildman–Crippen MR) is 123 cm³/mol. The molecule has 0 aliphatic carbocycles. The van der Waals surface area contributed by atoms with E-state index in [0.29, 0.717) is 11.1 Å². The van der Waals surface area contributed by atoms with E-state index in [9.17, 15) is 18.0 Å². The van der Waals surface area contributed by atoms with E-state index < -0.39 is 27.9 Å². The highest BCUT2D eigenvalue weighted by Gasteiger charge is 2.28. The van der Waals surface area contributed by atoms with Crippen molar-refractivity contribution in [3.05, 3.63) is 77.9 Å². The van der Waals surface area contributed by atoms with E-state index in [1.54, 1.807) is 42.5 Å². The van der Waals surface area contributed by atoms with Gasteiger partial charge in [-0.2, -0.15) is 9.98 Å². The van der Waals surface area contributed by atoms with Crippen LogP contribution in [0.3, 0.4) is 0 Å². The number of carbonyl (C=O) groups excluding carboxylic acids is 1. The third kappa shape index (κ3) is 6.16. The standard InChI is InChI=1S/C24H23N3O5S/c1-27(13-12-23(28)29)24(30)22(14-17-6-8-18(16-25)9-7-17)26-33(31,32)21-11-10-19-4-2-3-5-20(19)15-21/h2-11,15,22,26H,12-14H2,1H3,(H,28,29). The van der Waals surface area contributed by atoms with Crippen LogP contribution in [0.2, 0.25) is 0 Å². The Kier molecular flexibility index (Phi) is 7.43. The summed E-state index contributed by atoms with van der Waals surface area (Å²) in [6, 6.07) is 19.4. The molecule has 9 heteroatoms. The van der Waals surface area contributed by atoms with Gasteiger partial charge in [0, 0.05) is 13.6 Å². The SMILES string of the molecule is CN(CCC(=O)O)C(=O)C(Cc1ccc(C#N)cc1)NS(=O)(=O)c1ccc2ccccc2c1. The molecule has 3 aromatic carbocycles. The number of likely N-dealkylation sites (N-methyl/N-ethyl adjacent to an activating group) is 1. The lowest BCUT2D eigenvalue weighted by Gasteiger charge is -2.24. The number of nitrogens with zero attached hydrogens (tertiary/aromatic N) is 2. The summed E-state index contributed by atoms with van der Waals surface area (Å²) in [4.78, 5) is 25.2. The summed E-state index contributed by atoms with van der Waals surface area (Å²) in [5.74, 6) is -1.61. The Labute approximate surface area is 192 Å². The number of carboxylic acids is 1. The van der Waals surface area contributed by atoms with Crippen LogP contribution >= 0.6 is 0 Å². The number of aliphatic carboxylic acids is 1. The average molecular weight is 466 g/mol. The number of hydrogen-bond acceptors (Lipinski definition) is 5. The predicted octanol–water partition coefficient (Wildman–Crippen LogP) is 2.53. The highest BCUT2D eigenvalue weighted by molar-refractivity contribution is 7.89. The number of nitriles is 1. The number of sulfonamides is 1. The van der Waals surface area contributed by atoms with Gasteiger partial charge in [-0.25, -0.2) is 8.42 Å². The number of benzene rings is 3. The van der Waals surface area contributed by atoms with Crippen LogP contribution in [0.4, 0.5) is 0 Å². The van der Waals surface area contributed by atoms with Crippen molar-refractivity contribution in [1.82, 2.24) is 9.62 Å². The highest BCUT2D eigenvalue weighted by atomic mass is 32.2. The minimum absolute atomic E-state index is 0.0204. The zero-order valence-electron chi connectivity index (χ0n) is 17.9. The van der Waals surface area contributed by atoms with Gasteiger partial charge in [0.15, 0.2) is 0 Å². The second kappa shape index (κ2) is 10.3. The molecule has 0 spiro atoms. The van der Waals surface area contributed by atoms with Crippen molar-refractivity contribution < 1.29 is 23.1 Å². The van der Waals surface area contributed by atoms with Gasteiger partial charge in [0.05, 0.1) is 22.9 Å². The molecular weight excluding hydrogens is 442 g/mol. The molecule has 33 heavy (non-hydrogen) atoms. The zero-order chi connectivity index (χ0) is 24.0. The van der Waals surface area contributed by atoms with Crippen molar-refractivity contribution in [1.29, 1.82) is 5.26 Å². The van der Waals surface area contributed by atoms with Crippen LogP contribution in [-0.2, 0) is 26.0 Å². The summed E-state index contributed by atoms with van der Waals surface area (Å²) in [6.45, 7) is -0.0598. The lowest BCUT2D eigenvalue weighted by atomic mass is 10.0. The molecule has 0 radical (unpaired) electrons. The molecule has 0 saturated heterocycles. The molecule has 8 nitrogen and oxygen atoms in total. The lowest BCUT2D eigenvalue weighted by molar-refractivity contribution is -0.138. The molecule has 0 bridgehead atoms. The van der Waals surface area contributed by atoms with Gasteiger partial charge in [-0.15, -0.1) is 0 Å². The molecule has 2 N–H and O–H groups in total. The fraction of sp³-hybridized carbons (Fsp3) is 0.208. The topological polar surface area (TPSA) is 128 Å². The summed E-state index contributed by atoms with van der Waals surface area (Å²) < 4.78 is 28.8. The highest BCUT2D eigenvalue weighted by Crippen LogP contribution is 2.20. The minimum atomic E-state index is -4.06. The Morgan fingerprint density at radius 3 is 2.36 bits per heavy atom. The summed E-state index contributed by atoms with van der Waals surface area (Å²) in [5.41, 5.74) is 1.09. The fourth-order valence-electron chi connectivity index (χ4n) is 3.36. The molecule has 0 heterocycles. The van der Waals surface area contributed by atoms with Gasteiger partial charge in [-0.1, -0.05) is 42.5 Å². The third-order valence-corrected chi connectivity index (χ3v) is 6.66. The van der Waals surface area contributed by atoms with Crippen molar-refractivity contribution in [2.45, 2.75) is 23.8 Å². The van der Waals surface area contributed by atoms with Crippen LogP contribution in [0.25, 0.3) is 10.8 Å². The Bertz CT molecular complexity index is 1310. The first-order valence-corrected chi connectivity index (χ1v) is 11.6. The van der Waals surface area contributed by atoms with Crippen molar-refractivity contribution >= 4 is 32.7 Å². The Morgan fingerprint density at radius 2 is 1.73 bits per heavy atom. The van der Waals surface area contributed by atoms with Crippen LogP contribution in [0, 0.1) is 11.3 Å². The first-order chi connectivity index (χ1) is 15.7. The van der Waals surface area contributed by atoms with Gasteiger partial charge in [-0.05, 0) is 47.0 Å². The van der Waals surface area contributed by atoms with E-state index in [4.69, 9.17) is 10.4 Å². The second-order valence-electron chi connectivity index (χ2n) is 7.60. The van der Waals surface area contributed by atoms with Crippen LogP contribution in [0.15, 0.2) is 71.6 Å². The van der Waals surface area contributed by atoms with Gasteiger partial charge in [0.2, 0.25) is 15.9 Å². The largest absolute Gasteiger partial charge is 0.481 e. The van der Waals surface area contributed by atoms with Crippen molar-refractivity contribution in [3.63, 3.8) is 0 Å². The first-order valence-electron chi connectivity index (χ1n) is 10.2. The van der Waals surface area contributed by atoms with E-state index in [1.165, 1.54) is 24.1 Å². The summed E-state index contributed by atoms with van der Waals surface area (Å²) in [6.07, 6.45) is -0.224. The average Bonchev–Trinajstić information content (AvgIpc) is 2.81. The molecule has 170 valence electrons. The molecule has 0 aliphatic heterocycles. The number of carbonyl (C=O) groups is 2. The molecule has 0 fully saturated rings. The Hall–Kier alpha value is -3.74. The summed E-state index contributed by atoms with van der Waals surface area (Å²) >= 11 is 0. The molecule has 0 aromatic heterocycles. The molecular formula is C24H23N3O5S. The quantitative estimate of drug-likeness (QED) is 0.500. The van der Waals surface area contributed by atoms with Crippen molar-refractivity contribution in [2.24, 2.45) is 0 Å². The van der Waals surface area contributed by atoms with Gasteiger partial charge >= 0.3 is 5.97 Å². The Balaban J connectivity index is 1.89. The normalized spacial score (nSPS) is 12.1. The maximum absolute atomic E-state index is 13.2. The smallest absolute Gasteiger partial charge is 0.305 e. The number of nitrogens with one attached hydrogen (secondary N) is 1. The number of carboxylic acid groups (broad SMARTS) is 1. The lowest BCUT2D eigenvalue weighted by Crippen LogP contribution is -2.48.